The topological polar surface area (TPSA) is 85.2 Å². The summed E-state index contributed by atoms with van der Waals surface area (Å²) in [6.07, 6.45) is 5.04. The van der Waals surface area contributed by atoms with Gasteiger partial charge in [-0.15, -0.1) is 0 Å². The molecule has 1 aliphatic rings. The van der Waals surface area contributed by atoms with Gasteiger partial charge >= 0.3 is 0 Å². The number of nitrogens with zero attached hydrogens (tertiary/aromatic N) is 5. The zero-order valence-electron chi connectivity index (χ0n) is 14.9. The molecule has 2 aromatic heterocycles. The maximum atomic E-state index is 12.4. The van der Waals surface area contributed by atoms with Crippen LogP contribution in [0.15, 0.2) is 55.1 Å². The second kappa shape index (κ2) is 7.45. The average molecular weight is 364 g/mol. The van der Waals surface area contributed by atoms with Crippen LogP contribution in [0.2, 0.25) is 0 Å². The number of aromatic nitrogens is 4. The highest BCUT2D eigenvalue weighted by atomic mass is 16.5. The number of hydrogen-bond acceptors (Lipinski definition) is 6. The van der Waals surface area contributed by atoms with Crippen LogP contribution in [0.4, 0.5) is 11.5 Å². The molecule has 0 unspecified atom stereocenters. The molecule has 0 radical (unpaired) electrons. The fourth-order valence-electron chi connectivity index (χ4n) is 2.92. The summed E-state index contributed by atoms with van der Waals surface area (Å²) < 4.78 is 7.09. The van der Waals surface area contributed by atoms with Crippen molar-refractivity contribution >= 4 is 17.4 Å². The Balaban J connectivity index is 1.34. The Morgan fingerprint density at radius 2 is 2.00 bits per heavy atom. The summed E-state index contributed by atoms with van der Waals surface area (Å²) >= 11 is 0. The predicted molar refractivity (Wildman–Crippen MR) is 101 cm³/mol. The Bertz CT molecular complexity index is 904. The monoisotopic (exact) mass is 364 g/mol. The number of rotatable bonds is 6. The van der Waals surface area contributed by atoms with Gasteiger partial charge in [0.25, 0.3) is 0 Å². The van der Waals surface area contributed by atoms with E-state index in [9.17, 15) is 4.79 Å². The molecule has 27 heavy (non-hydrogen) atoms. The summed E-state index contributed by atoms with van der Waals surface area (Å²) in [4.78, 5) is 23.0. The van der Waals surface area contributed by atoms with Gasteiger partial charge in [0.2, 0.25) is 5.91 Å². The van der Waals surface area contributed by atoms with Gasteiger partial charge in [-0.3, -0.25) is 4.79 Å². The van der Waals surface area contributed by atoms with Crippen molar-refractivity contribution in [2.24, 2.45) is 5.92 Å². The molecular weight excluding hydrogens is 344 g/mol. The number of carbonyl (C=O) groups is 1. The van der Waals surface area contributed by atoms with Crippen LogP contribution in [-0.4, -0.2) is 45.4 Å². The number of carbonyl (C=O) groups excluding carboxylic acids is 1. The summed E-state index contributed by atoms with van der Waals surface area (Å²) in [6, 6.07) is 11.1. The average Bonchev–Trinajstić information content (AvgIpc) is 3.17. The number of ether oxygens (including phenoxy) is 1. The largest absolute Gasteiger partial charge is 0.494 e. The Morgan fingerprint density at radius 3 is 2.70 bits per heavy atom. The van der Waals surface area contributed by atoms with E-state index in [0.717, 1.165) is 17.3 Å². The number of amides is 1. The molecule has 0 aliphatic carbocycles. The maximum absolute atomic E-state index is 12.4. The Hall–Kier alpha value is -3.42. The standard InChI is InChI=1S/C19H20N6O2/c1-2-27-16-6-4-15(5-7-16)23-19(26)14-11-24(12-14)17-10-18(21-13-20-17)25-9-3-8-22-25/h3-10,13-14H,2,11-12H2,1H3,(H,23,26). The van der Waals surface area contributed by atoms with Crippen LogP contribution in [0.3, 0.4) is 0 Å². The molecule has 1 amide bonds. The van der Waals surface area contributed by atoms with Crippen LogP contribution >= 0.6 is 0 Å². The van der Waals surface area contributed by atoms with Crippen LogP contribution in [0, 0.1) is 5.92 Å². The van der Waals surface area contributed by atoms with Crippen molar-refractivity contribution < 1.29 is 9.53 Å². The number of benzene rings is 1. The molecule has 1 saturated heterocycles. The third-order valence-electron chi connectivity index (χ3n) is 4.39. The molecule has 0 spiro atoms. The molecule has 1 aromatic carbocycles. The lowest BCUT2D eigenvalue weighted by atomic mass is 9.99. The van der Waals surface area contributed by atoms with E-state index in [2.05, 4.69) is 25.3 Å². The lowest BCUT2D eigenvalue weighted by molar-refractivity contribution is -0.120. The number of anilines is 2. The van der Waals surface area contributed by atoms with Gasteiger partial charge in [-0.25, -0.2) is 14.6 Å². The van der Waals surface area contributed by atoms with Crippen molar-refractivity contribution in [3.8, 4) is 11.6 Å². The van der Waals surface area contributed by atoms with Gasteiger partial charge in [0, 0.05) is 37.2 Å². The van der Waals surface area contributed by atoms with Crippen molar-refractivity contribution in [2.75, 3.05) is 29.9 Å². The Labute approximate surface area is 156 Å². The zero-order chi connectivity index (χ0) is 18.6. The highest BCUT2D eigenvalue weighted by Gasteiger charge is 2.33. The van der Waals surface area contributed by atoms with Crippen molar-refractivity contribution in [2.45, 2.75) is 6.92 Å². The highest BCUT2D eigenvalue weighted by Crippen LogP contribution is 2.25. The van der Waals surface area contributed by atoms with Gasteiger partial charge in [0.1, 0.15) is 17.9 Å². The Morgan fingerprint density at radius 1 is 1.22 bits per heavy atom. The number of nitrogens with one attached hydrogen (secondary N) is 1. The summed E-state index contributed by atoms with van der Waals surface area (Å²) in [5, 5.41) is 7.12. The van der Waals surface area contributed by atoms with Gasteiger partial charge in [0.15, 0.2) is 5.82 Å². The molecule has 1 aliphatic heterocycles. The first-order valence-corrected chi connectivity index (χ1v) is 8.83. The minimum Gasteiger partial charge on any atom is -0.494 e. The first-order chi connectivity index (χ1) is 13.2. The lowest BCUT2D eigenvalue weighted by Gasteiger charge is -2.39. The quantitative estimate of drug-likeness (QED) is 0.721. The van der Waals surface area contributed by atoms with Gasteiger partial charge in [-0.1, -0.05) is 0 Å². The smallest absolute Gasteiger partial charge is 0.231 e. The normalized spacial score (nSPS) is 13.9. The first kappa shape index (κ1) is 17.0. The molecule has 0 atom stereocenters. The molecule has 138 valence electrons. The van der Waals surface area contributed by atoms with Crippen LogP contribution in [0.25, 0.3) is 5.82 Å². The van der Waals surface area contributed by atoms with E-state index in [4.69, 9.17) is 4.74 Å². The van der Waals surface area contributed by atoms with E-state index >= 15 is 0 Å². The third-order valence-corrected chi connectivity index (χ3v) is 4.39. The molecule has 1 N–H and O–H groups in total. The van der Waals surface area contributed by atoms with Gasteiger partial charge in [-0.2, -0.15) is 5.10 Å². The minimum atomic E-state index is -0.0697. The molecule has 1 fully saturated rings. The molecule has 8 heteroatoms. The molecule has 0 bridgehead atoms. The van der Waals surface area contributed by atoms with Crippen LogP contribution in [0.5, 0.6) is 5.75 Å². The van der Waals surface area contributed by atoms with E-state index in [-0.39, 0.29) is 11.8 Å². The highest BCUT2D eigenvalue weighted by molar-refractivity contribution is 5.94. The van der Waals surface area contributed by atoms with E-state index in [0.29, 0.717) is 25.5 Å². The molecule has 8 nitrogen and oxygen atoms in total. The summed E-state index contributed by atoms with van der Waals surface area (Å²) in [7, 11) is 0. The number of hydrogen-bond donors (Lipinski definition) is 1. The first-order valence-electron chi connectivity index (χ1n) is 8.83. The summed E-state index contributed by atoms with van der Waals surface area (Å²) in [5.41, 5.74) is 0.768. The van der Waals surface area contributed by atoms with Crippen molar-refractivity contribution in [3.05, 3.63) is 55.1 Å². The molecule has 3 heterocycles. The summed E-state index contributed by atoms with van der Waals surface area (Å²) in [5.74, 6) is 2.23. The second-order valence-corrected chi connectivity index (χ2v) is 6.23. The zero-order valence-corrected chi connectivity index (χ0v) is 14.9. The molecule has 4 rings (SSSR count). The van der Waals surface area contributed by atoms with Crippen LogP contribution in [0.1, 0.15) is 6.92 Å². The fraction of sp³-hybridized carbons (Fsp3) is 0.263. The molecule has 3 aromatic rings. The molecular formula is C19H20N6O2. The van der Waals surface area contributed by atoms with E-state index in [1.807, 2.05) is 49.5 Å². The Kier molecular flexibility index (Phi) is 4.69. The summed E-state index contributed by atoms with van der Waals surface area (Å²) in [6.45, 7) is 3.80. The van der Waals surface area contributed by atoms with Crippen LogP contribution in [-0.2, 0) is 4.79 Å². The van der Waals surface area contributed by atoms with Crippen molar-refractivity contribution in [1.29, 1.82) is 0 Å². The second-order valence-electron chi connectivity index (χ2n) is 6.23. The van der Waals surface area contributed by atoms with Gasteiger partial charge in [0.05, 0.1) is 12.5 Å². The van der Waals surface area contributed by atoms with E-state index < -0.39 is 0 Å². The maximum Gasteiger partial charge on any atom is 0.231 e. The van der Waals surface area contributed by atoms with E-state index in [1.54, 1.807) is 10.9 Å². The van der Waals surface area contributed by atoms with Crippen molar-refractivity contribution in [3.63, 3.8) is 0 Å². The lowest BCUT2D eigenvalue weighted by Crippen LogP contribution is -2.52. The van der Waals surface area contributed by atoms with Crippen LogP contribution < -0.4 is 15.0 Å². The molecule has 0 saturated carbocycles. The minimum absolute atomic E-state index is 0.0109. The SMILES string of the molecule is CCOc1ccc(NC(=O)C2CN(c3cc(-n4cccn4)ncn3)C2)cc1. The van der Waals surface area contributed by atoms with Gasteiger partial charge < -0.3 is 15.0 Å². The predicted octanol–water partition coefficient (Wildman–Crippen LogP) is 2.14. The van der Waals surface area contributed by atoms with E-state index in [1.165, 1.54) is 6.33 Å². The third kappa shape index (κ3) is 3.74. The van der Waals surface area contributed by atoms with Crippen molar-refractivity contribution in [1.82, 2.24) is 19.7 Å². The van der Waals surface area contributed by atoms with Gasteiger partial charge in [-0.05, 0) is 37.3 Å². The fourth-order valence-corrected chi connectivity index (χ4v) is 2.92.